The molecule has 1 rings (SSSR count). The van der Waals surface area contributed by atoms with Crippen molar-refractivity contribution in [3.63, 3.8) is 0 Å². The second-order valence-electron chi connectivity index (χ2n) is 4.11. The monoisotopic (exact) mass is 202 g/mol. The van der Waals surface area contributed by atoms with Crippen molar-refractivity contribution in [3.8, 4) is 0 Å². The van der Waals surface area contributed by atoms with E-state index in [0.717, 1.165) is 25.0 Å². The fourth-order valence-corrected chi connectivity index (χ4v) is 2.47. The van der Waals surface area contributed by atoms with Crippen LogP contribution in [-0.4, -0.2) is 37.2 Å². The molecule has 0 bridgehead atoms. The zero-order valence-electron chi connectivity index (χ0n) is 8.81. The van der Waals surface area contributed by atoms with Gasteiger partial charge in [-0.2, -0.15) is 11.8 Å². The topological polar surface area (TPSA) is 24.1 Å². The summed E-state index contributed by atoms with van der Waals surface area (Å²) in [7, 11) is 0. The molecule has 13 heavy (non-hydrogen) atoms. The minimum Gasteiger partial charge on any atom is -0.316 e. The molecule has 1 atom stereocenters. The Kier molecular flexibility index (Phi) is 5.83. The van der Waals surface area contributed by atoms with Crippen molar-refractivity contribution in [3.05, 3.63) is 0 Å². The summed E-state index contributed by atoms with van der Waals surface area (Å²) in [6, 6.07) is 0.749. The third-order valence-electron chi connectivity index (χ3n) is 2.22. The Morgan fingerprint density at radius 3 is 3.00 bits per heavy atom. The molecule has 1 heterocycles. The van der Waals surface area contributed by atoms with Crippen LogP contribution in [0.2, 0.25) is 0 Å². The van der Waals surface area contributed by atoms with E-state index in [9.17, 15) is 0 Å². The molecule has 78 valence electrons. The predicted octanol–water partition coefficient (Wildman–Crippen LogP) is 1.33. The lowest BCUT2D eigenvalue weighted by molar-refractivity contribution is 0.481. The van der Waals surface area contributed by atoms with Gasteiger partial charge in [0.2, 0.25) is 0 Å². The van der Waals surface area contributed by atoms with Crippen LogP contribution in [0, 0.1) is 5.92 Å². The van der Waals surface area contributed by atoms with Crippen LogP contribution in [0.4, 0.5) is 0 Å². The Labute approximate surface area is 86.2 Å². The van der Waals surface area contributed by atoms with Crippen molar-refractivity contribution < 1.29 is 0 Å². The highest BCUT2D eigenvalue weighted by Crippen LogP contribution is 2.09. The van der Waals surface area contributed by atoms with Crippen molar-refractivity contribution in [2.45, 2.75) is 26.3 Å². The molecule has 1 fully saturated rings. The van der Waals surface area contributed by atoms with E-state index in [1.165, 1.54) is 24.5 Å². The third-order valence-corrected chi connectivity index (χ3v) is 3.35. The molecule has 0 aromatic carbocycles. The van der Waals surface area contributed by atoms with E-state index in [1.807, 2.05) is 0 Å². The zero-order chi connectivity index (χ0) is 9.52. The largest absolute Gasteiger partial charge is 0.316 e. The molecule has 0 saturated carbocycles. The highest BCUT2D eigenvalue weighted by Gasteiger charge is 2.11. The number of rotatable bonds is 5. The van der Waals surface area contributed by atoms with E-state index >= 15 is 0 Å². The summed E-state index contributed by atoms with van der Waals surface area (Å²) in [6.07, 6.45) is 1.28. The summed E-state index contributed by atoms with van der Waals surface area (Å²) in [6.45, 7) is 8.01. The molecule has 0 aliphatic carbocycles. The lowest BCUT2D eigenvalue weighted by Crippen LogP contribution is -2.39. The molecule has 1 unspecified atom stereocenters. The van der Waals surface area contributed by atoms with E-state index in [1.54, 1.807) is 0 Å². The van der Waals surface area contributed by atoms with Gasteiger partial charge in [0.1, 0.15) is 0 Å². The SMILES string of the molecule is CC(C)CNCCC1CSCCN1. The van der Waals surface area contributed by atoms with Crippen molar-refractivity contribution in [2.24, 2.45) is 5.92 Å². The van der Waals surface area contributed by atoms with Gasteiger partial charge in [0, 0.05) is 24.1 Å². The van der Waals surface area contributed by atoms with Gasteiger partial charge in [-0.15, -0.1) is 0 Å². The van der Waals surface area contributed by atoms with E-state index < -0.39 is 0 Å². The molecule has 0 spiro atoms. The number of hydrogen-bond donors (Lipinski definition) is 2. The normalized spacial score (nSPS) is 23.8. The molecule has 1 saturated heterocycles. The summed E-state index contributed by atoms with van der Waals surface area (Å²) in [5.41, 5.74) is 0. The average molecular weight is 202 g/mol. The molecule has 1 aliphatic heterocycles. The third kappa shape index (κ3) is 5.55. The van der Waals surface area contributed by atoms with E-state index in [-0.39, 0.29) is 0 Å². The summed E-state index contributed by atoms with van der Waals surface area (Å²) < 4.78 is 0. The van der Waals surface area contributed by atoms with Gasteiger partial charge in [-0.25, -0.2) is 0 Å². The highest BCUT2D eigenvalue weighted by atomic mass is 32.2. The maximum Gasteiger partial charge on any atom is 0.0170 e. The highest BCUT2D eigenvalue weighted by molar-refractivity contribution is 7.99. The molecule has 1 aliphatic rings. The van der Waals surface area contributed by atoms with Crippen molar-refractivity contribution in [1.29, 1.82) is 0 Å². The Hall–Kier alpha value is 0.270. The van der Waals surface area contributed by atoms with Crippen LogP contribution in [-0.2, 0) is 0 Å². The van der Waals surface area contributed by atoms with Crippen molar-refractivity contribution >= 4 is 11.8 Å². The average Bonchev–Trinajstić information content (AvgIpc) is 2.14. The van der Waals surface area contributed by atoms with Gasteiger partial charge >= 0.3 is 0 Å². The van der Waals surface area contributed by atoms with Crippen LogP contribution in [0.1, 0.15) is 20.3 Å². The Bertz CT molecular complexity index is 122. The maximum absolute atomic E-state index is 3.55. The summed E-state index contributed by atoms with van der Waals surface area (Å²) >= 11 is 2.08. The zero-order valence-corrected chi connectivity index (χ0v) is 9.62. The standard InChI is InChI=1S/C10H22N2S/c1-9(2)7-11-4-3-10-8-13-6-5-12-10/h9-12H,3-8H2,1-2H3. The van der Waals surface area contributed by atoms with Gasteiger partial charge in [-0.05, 0) is 25.4 Å². The van der Waals surface area contributed by atoms with Gasteiger partial charge in [-0.3, -0.25) is 0 Å². The second kappa shape index (κ2) is 6.68. The molecule has 2 N–H and O–H groups in total. The quantitative estimate of drug-likeness (QED) is 0.658. The molecule has 3 heteroatoms. The van der Waals surface area contributed by atoms with Crippen LogP contribution < -0.4 is 10.6 Å². The molecule has 2 nitrogen and oxygen atoms in total. The van der Waals surface area contributed by atoms with Crippen LogP contribution in [0.3, 0.4) is 0 Å². The molecular formula is C10H22N2S. The number of thioether (sulfide) groups is 1. The Morgan fingerprint density at radius 1 is 1.54 bits per heavy atom. The fraction of sp³-hybridized carbons (Fsp3) is 1.00. The van der Waals surface area contributed by atoms with Gasteiger partial charge < -0.3 is 10.6 Å². The van der Waals surface area contributed by atoms with E-state index in [0.29, 0.717) is 0 Å². The van der Waals surface area contributed by atoms with Crippen LogP contribution in [0.15, 0.2) is 0 Å². The van der Waals surface area contributed by atoms with Gasteiger partial charge in [0.25, 0.3) is 0 Å². The molecular weight excluding hydrogens is 180 g/mol. The summed E-state index contributed by atoms with van der Waals surface area (Å²) in [5, 5.41) is 7.03. The molecule has 0 aromatic heterocycles. The van der Waals surface area contributed by atoms with Gasteiger partial charge in [-0.1, -0.05) is 13.8 Å². The van der Waals surface area contributed by atoms with Crippen molar-refractivity contribution in [2.75, 3.05) is 31.1 Å². The maximum atomic E-state index is 3.55. The molecule has 0 aromatic rings. The van der Waals surface area contributed by atoms with E-state index in [4.69, 9.17) is 0 Å². The van der Waals surface area contributed by atoms with E-state index in [2.05, 4.69) is 36.2 Å². The minimum atomic E-state index is 0.749. The Morgan fingerprint density at radius 2 is 2.38 bits per heavy atom. The predicted molar refractivity (Wildman–Crippen MR) is 61.4 cm³/mol. The summed E-state index contributed by atoms with van der Waals surface area (Å²) in [4.78, 5) is 0. The van der Waals surface area contributed by atoms with Gasteiger partial charge in [0.15, 0.2) is 0 Å². The lowest BCUT2D eigenvalue weighted by atomic mass is 10.2. The number of nitrogens with one attached hydrogen (secondary N) is 2. The van der Waals surface area contributed by atoms with Gasteiger partial charge in [0.05, 0.1) is 0 Å². The smallest absolute Gasteiger partial charge is 0.0170 e. The number of hydrogen-bond acceptors (Lipinski definition) is 3. The fourth-order valence-electron chi connectivity index (χ4n) is 1.47. The summed E-state index contributed by atoms with van der Waals surface area (Å²) in [5.74, 6) is 3.35. The van der Waals surface area contributed by atoms with Crippen molar-refractivity contribution in [1.82, 2.24) is 10.6 Å². The first-order valence-corrected chi connectivity index (χ1v) is 6.46. The first-order chi connectivity index (χ1) is 6.29. The molecule has 0 amide bonds. The van der Waals surface area contributed by atoms with Crippen LogP contribution in [0.5, 0.6) is 0 Å². The lowest BCUT2D eigenvalue weighted by Gasteiger charge is -2.23. The first-order valence-electron chi connectivity index (χ1n) is 5.31. The van der Waals surface area contributed by atoms with Crippen LogP contribution in [0.25, 0.3) is 0 Å². The Balaban J connectivity index is 1.92. The second-order valence-corrected chi connectivity index (χ2v) is 5.26. The first kappa shape index (κ1) is 11.3. The minimum absolute atomic E-state index is 0.749. The van der Waals surface area contributed by atoms with Crippen LogP contribution >= 0.6 is 11.8 Å². The molecule has 0 radical (unpaired) electrons.